The molecule has 2 aromatic rings. The van der Waals surface area contributed by atoms with Crippen LogP contribution in [0.25, 0.3) is 0 Å². The third-order valence-electron chi connectivity index (χ3n) is 3.28. The minimum atomic E-state index is -0.452. The molecule has 0 aliphatic carbocycles. The second-order valence-electron chi connectivity index (χ2n) is 4.64. The van der Waals surface area contributed by atoms with Crippen molar-refractivity contribution in [3.05, 3.63) is 64.7 Å². The van der Waals surface area contributed by atoms with Crippen molar-refractivity contribution in [3.63, 3.8) is 0 Å². The Labute approximate surface area is 121 Å². The van der Waals surface area contributed by atoms with Gasteiger partial charge in [0, 0.05) is 17.5 Å². The number of hydrogen-bond donors (Lipinski definition) is 0. The molecule has 0 unspecified atom stereocenters. The number of ether oxygens (including phenoxy) is 1. The molecule has 1 aliphatic heterocycles. The number of carbonyl (C=O) groups is 2. The number of rotatable bonds is 2. The van der Waals surface area contributed by atoms with E-state index >= 15 is 0 Å². The van der Waals surface area contributed by atoms with Gasteiger partial charge in [0.2, 0.25) is 5.24 Å². The molecule has 1 aliphatic rings. The molecule has 0 fully saturated rings. The fourth-order valence-corrected chi connectivity index (χ4v) is 2.47. The Hall–Kier alpha value is -2.13. The van der Waals surface area contributed by atoms with Crippen molar-refractivity contribution < 1.29 is 14.3 Å². The highest BCUT2D eigenvalue weighted by Crippen LogP contribution is 2.29. The predicted molar refractivity (Wildman–Crippen MR) is 75.2 cm³/mol. The van der Waals surface area contributed by atoms with Gasteiger partial charge in [-0.2, -0.15) is 0 Å². The Morgan fingerprint density at radius 3 is 2.75 bits per heavy atom. The fourth-order valence-electron chi connectivity index (χ4n) is 2.32. The van der Waals surface area contributed by atoms with Crippen LogP contribution in [0.1, 0.15) is 27.0 Å². The van der Waals surface area contributed by atoms with Crippen LogP contribution in [0.4, 0.5) is 0 Å². The maximum Gasteiger partial charge on any atom is 0.226 e. The van der Waals surface area contributed by atoms with Crippen LogP contribution in [0.5, 0.6) is 5.75 Å². The number of halogens is 1. The van der Waals surface area contributed by atoms with E-state index in [-0.39, 0.29) is 12.2 Å². The lowest BCUT2D eigenvalue weighted by atomic mass is 9.97. The third-order valence-corrected chi connectivity index (χ3v) is 3.41. The molecular weight excluding hydrogens is 276 g/mol. The Bertz CT molecular complexity index is 707. The van der Waals surface area contributed by atoms with E-state index in [1.807, 2.05) is 18.2 Å². The molecule has 0 saturated heterocycles. The number of carbonyl (C=O) groups excluding carboxylic acids is 2. The molecule has 2 aromatic carbocycles. The Kier molecular flexibility index (Phi) is 3.28. The van der Waals surface area contributed by atoms with E-state index in [1.165, 1.54) is 0 Å². The Morgan fingerprint density at radius 1 is 1.15 bits per heavy atom. The maximum atomic E-state index is 12.6. The first kappa shape index (κ1) is 12.9. The van der Waals surface area contributed by atoms with E-state index in [1.54, 1.807) is 24.3 Å². The van der Waals surface area contributed by atoms with E-state index in [2.05, 4.69) is 0 Å². The zero-order chi connectivity index (χ0) is 14.1. The summed E-state index contributed by atoms with van der Waals surface area (Å²) in [7, 11) is 0. The van der Waals surface area contributed by atoms with Crippen LogP contribution < -0.4 is 4.74 Å². The topological polar surface area (TPSA) is 43.4 Å². The van der Waals surface area contributed by atoms with Gasteiger partial charge in [0.05, 0.1) is 5.56 Å². The second kappa shape index (κ2) is 5.10. The first-order valence-electron chi connectivity index (χ1n) is 6.22. The molecule has 3 rings (SSSR count). The quantitative estimate of drug-likeness (QED) is 0.797. The van der Waals surface area contributed by atoms with Gasteiger partial charge in [-0.05, 0) is 29.3 Å². The first-order valence-corrected chi connectivity index (χ1v) is 6.59. The second-order valence-corrected chi connectivity index (χ2v) is 5.06. The van der Waals surface area contributed by atoms with Crippen LogP contribution in [0.2, 0.25) is 0 Å². The van der Waals surface area contributed by atoms with Crippen molar-refractivity contribution in [3.8, 4) is 5.75 Å². The zero-order valence-electron chi connectivity index (χ0n) is 10.6. The summed E-state index contributed by atoms with van der Waals surface area (Å²) in [5.41, 5.74) is 2.69. The SMILES string of the molecule is O=C(Cl)Cc1ccc2c(c1)C(=O)c1ccccc1CO2. The van der Waals surface area contributed by atoms with Crippen LogP contribution in [0, 0.1) is 0 Å². The molecule has 3 nitrogen and oxygen atoms in total. The average molecular weight is 287 g/mol. The molecule has 4 heteroatoms. The molecular formula is C16H11ClO3. The molecule has 0 saturated carbocycles. The molecule has 0 atom stereocenters. The monoisotopic (exact) mass is 286 g/mol. The number of ketones is 1. The minimum absolute atomic E-state index is 0.0861. The van der Waals surface area contributed by atoms with Crippen LogP contribution >= 0.6 is 11.6 Å². The lowest BCUT2D eigenvalue weighted by molar-refractivity contribution is -0.111. The first-order chi connectivity index (χ1) is 9.65. The van der Waals surface area contributed by atoms with Crippen molar-refractivity contribution in [1.82, 2.24) is 0 Å². The lowest BCUT2D eigenvalue weighted by Gasteiger charge is -2.07. The highest BCUT2D eigenvalue weighted by Gasteiger charge is 2.22. The van der Waals surface area contributed by atoms with Gasteiger partial charge < -0.3 is 4.74 Å². The summed E-state index contributed by atoms with van der Waals surface area (Å²) < 4.78 is 5.67. The van der Waals surface area contributed by atoms with Gasteiger partial charge >= 0.3 is 0 Å². The van der Waals surface area contributed by atoms with Crippen molar-refractivity contribution in [2.75, 3.05) is 0 Å². The summed E-state index contributed by atoms with van der Waals surface area (Å²) in [5.74, 6) is 0.453. The average Bonchev–Trinajstić information content (AvgIpc) is 2.57. The summed E-state index contributed by atoms with van der Waals surface area (Å²) >= 11 is 5.39. The van der Waals surface area contributed by atoms with E-state index < -0.39 is 5.24 Å². The molecule has 0 aromatic heterocycles. The van der Waals surface area contributed by atoms with Crippen molar-refractivity contribution in [2.24, 2.45) is 0 Å². The van der Waals surface area contributed by atoms with Crippen molar-refractivity contribution >= 4 is 22.6 Å². The van der Waals surface area contributed by atoms with Crippen LogP contribution in [0.15, 0.2) is 42.5 Å². The third kappa shape index (κ3) is 2.32. The van der Waals surface area contributed by atoms with E-state index in [4.69, 9.17) is 16.3 Å². The molecule has 100 valence electrons. The number of benzene rings is 2. The van der Waals surface area contributed by atoms with Gasteiger partial charge in [-0.1, -0.05) is 30.3 Å². The van der Waals surface area contributed by atoms with Gasteiger partial charge in [0.25, 0.3) is 0 Å². The van der Waals surface area contributed by atoms with Crippen molar-refractivity contribution in [1.29, 1.82) is 0 Å². The molecule has 0 bridgehead atoms. The maximum absolute atomic E-state index is 12.6. The summed E-state index contributed by atoms with van der Waals surface area (Å²) in [6.45, 7) is 0.364. The lowest BCUT2D eigenvalue weighted by Crippen LogP contribution is -2.04. The predicted octanol–water partition coefficient (Wildman–Crippen LogP) is 3.12. The number of hydrogen-bond acceptors (Lipinski definition) is 3. The summed E-state index contributed by atoms with van der Waals surface area (Å²) in [4.78, 5) is 23.5. The van der Waals surface area contributed by atoms with Crippen LogP contribution in [-0.2, 0) is 17.8 Å². The fraction of sp³-hybridized carbons (Fsp3) is 0.125. The molecule has 0 N–H and O–H groups in total. The molecule has 0 amide bonds. The smallest absolute Gasteiger partial charge is 0.226 e. The van der Waals surface area contributed by atoms with Gasteiger partial charge in [-0.3, -0.25) is 9.59 Å². The van der Waals surface area contributed by atoms with Crippen molar-refractivity contribution in [2.45, 2.75) is 13.0 Å². The standard InChI is InChI=1S/C16H11ClO3/c17-15(18)8-10-5-6-14-13(7-10)16(19)12-4-2-1-3-11(12)9-20-14/h1-7H,8-9H2. The molecule has 0 radical (unpaired) electrons. The van der Waals surface area contributed by atoms with E-state index in [0.717, 1.165) is 5.56 Å². The normalized spacial score (nSPS) is 12.9. The van der Waals surface area contributed by atoms with Gasteiger partial charge in [-0.15, -0.1) is 0 Å². The summed E-state index contributed by atoms with van der Waals surface area (Å²) in [6, 6.07) is 12.5. The van der Waals surface area contributed by atoms with Crippen LogP contribution in [0.3, 0.4) is 0 Å². The zero-order valence-corrected chi connectivity index (χ0v) is 11.3. The highest BCUT2D eigenvalue weighted by atomic mass is 35.5. The summed E-state index contributed by atoms with van der Waals surface area (Å²) in [6.07, 6.45) is 0.101. The largest absolute Gasteiger partial charge is 0.488 e. The summed E-state index contributed by atoms with van der Waals surface area (Å²) in [5, 5.41) is -0.452. The Morgan fingerprint density at radius 2 is 1.95 bits per heavy atom. The molecule has 20 heavy (non-hydrogen) atoms. The van der Waals surface area contributed by atoms with Crippen LogP contribution in [-0.4, -0.2) is 11.0 Å². The Balaban J connectivity index is 2.08. The van der Waals surface area contributed by atoms with Gasteiger partial charge in [0.15, 0.2) is 5.78 Å². The number of fused-ring (bicyclic) bond motifs is 2. The molecule has 1 heterocycles. The molecule has 0 spiro atoms. The van der Waals surface area contributed by atoms with Gasteiger partial charge in [0.1, 0.15) is 12.4 Å². The van der Waals surface area contributed by atoms with E-state index in [0.29, 0.717) is 29.0 Å². The minimum Gasteiger partial charge on any atom is -0.488 e. The highest BCUT2D eigenvalue weighted by molar-refractivity contribution is 6.63. The van der Waals surface area contributed by atoms with E-state index in [9.17, 15) is 9.59 Å². The van der Waals surface area contributed by atoms with Gasteiger partial charge in [-0.25, -0.2) is 0 Å².